The minimum absolute atomic E-state index is 0.227. The van der Waals surface area contributed by atoms with Gasteiger partial charge < -0.3 is 4.74 Å². The highest BCUT2D eigenvalue weighted by atomic mass is 79.9. The zero-order valence-corrected chi connectivity index (χ0v) is 12.2. The molecule has 0 bridgehead atoms. The molecular weight excluding hydrogens is 282 g/mol. The van der Waals surface area contributed by atoms with Crippen molar-refractivity contribution in [3.63, 3.8) is 0 Å². The summed E-state index contributed by atoms with van der Waals surface area (Å²) < 4.78 is 5.85. The highest BCUT2D eigenvalue weighted by Gasteiger charge is 2.33. The summed E-state index contributed by atoms with van der Waals surface area (Å²) in [6.45, 7) is 4.41. The largest absolute Gasteiger partial charge is 0.468 e. The molecule has 17 heavy (non-hydrogen) atoms. The number of carbonyl (C=O) groups excluding carboxylic acids is 1. The number of methoxy groups -OCH3 is 1. The molecule has 0 N–H and O–H groups in total. The predicted molar refractivity (Wildman–Crippen MR) is 71.7 cm³/mol. The van der Waals surface area contributed by atoms with Crippen molar-refractivity contribution in [1.82, 2.24) is 4.90 Å². The molecule has 0 saturated heterocycles. The molecule has 0 saturated carbocycles. The summed E-state index contributed by atoms with van der Waals surface area (Å²) in [7, 11) is 3.33. The normalized spacial score (nSPS) is 11.6. The Balaban J connectivity index is 2.78. The molecule has 0 atom stereocenters. The summed E-state index contributed by atoms with van der Waals surface area (Å²) in [4.78, 5) is 13.6. The van der Waals surface area contributed by atoms with Crippen molar-refractivity contribution < 1.29 is 9.53 Å². The maximum atomic E-state index is 11.7. The van der Waals surface area contributed by atoms with Crippen molar-refractivity contribution >= 4 is 21.9 Å². The van der Waals surface area contributed by atoms with Crippen LogP contribution < -0.4 is 0 Å². The average molecular weight is 300 g/mol. The van der Waals surface area contributed by atoms with Crippen LogP contribution in [0, 0.1) is 0 Å². The van der Waals surface area contributed by atoms with Gasteiger partial charge in [0.15, 0.2) is 0 Å². The molecule has 0 fully saturated rings. The van der Waals surface area contributed by atoms with E-state index in [0.717, 1.165) is 10.0 Å². The maximum Gasteiger partial charge on any atom is 0.325 e. The average Bonchev–Trinajstić information content (AvgIpc) is 2.27. The first kappa shape index (κ1) is 14.2. The molecule has 0 unspecified atom stereocenters. The Morgan fingerprint density at radius 2 is 2.12 bits per heavy atom. The molecule has 4 heteroatoms. The number of nitrogens with zero attached hydrogens (tertiary/aromatic N) is 1. The van der Waals surface area contributed by atoms with Crippen LogP contribution in [0.4, 0.5) is 0 Å². The Morgan fingerprint density at radius 3 is 2.65 bits per heavy atom. The van der Waals surface area contributed by atoms with E-state index in [-0.39, 0.29) is 5.97 Å². The zero-order valence-electron chi connectivity index (χ0n) is 10.7. The van der Waals surface area contributed by atoms with E-state index in [9.17, 15) is 4.79 Å². The summed E-state index contributed by atoms with van der Waals surface area (Å²) in [6.07, 6.45) is 0. The lowest BCUT2D eigenvalue weighted by Gasteiger charge is -2.32. The smallest absolute Gasteiger partial charge is 0.325 e. The van der Waals surface area contributed by atoms with E-state index in [2.05, 4.69) is 15.9 Å². The van der Waals surface area contributed by atoms with Crippen molar-refractivity contribution in [2.24, 2.45) is 0 Å². The lowest BCUT2D eigenvalue weighted by atomic mass is 10.0. The van der Waals surface area contributed by atoms with Gasteiger partial charge in [-0.05, 0) is 38.6 Å². The Hall–Kier alpha value is -0.870. The Morgan fingerprint density at radius 1 is 1.47 bits per heavy atom. The van der Waals surface area contributed by atoms with E-state index >= 15 is 0 Å². The Kier molecular flexibility index (Phi) is 4.71. The molecule has 1 rings (SSSR count). The molecule has 94 valence electrons. The topological polar surface area (TPSA) is 29.5 Å². The van der Waals surface area contributed by atoms with Gasteiger partial charge in [0, 0.05) is 11.0 Å². The van der Waals surface area contributed by atoms with E-state index in [0.29, 0.717) is 6.54 Å². The highest BCUT2D eigenvalue weighted by molar-refractivity contribution is 9.10. The third kappa shape index (κ3) is 3.54. The molecule has 1 aromatic carbocycles. The number of halogens is 1. The number of carbonyl (C=O) groups is 1. The number of likely N-dealkylation sites (N-methyl/N-ethyl adjacent to an activating group) is 1. The number of esters is 1. The number of rotatable bonds is 4. The maximum absolute atomic E-state index is 11.7. The number of ether oxygens (including phenoxy) is 1. The summed E-state index contributed by atoms with van der Waals surface area (Å²) in [5.41, 5.74) is 0.524. The second kappa shape index (κ2) is 5.65. The van der Waals surface area contributed by atoms with Crippen LogP contribution in [-0.2, 0) is 16.1 Å². The van der Waals surface area contributed by atoms with Gasteiger partial charge in [-0.3, -0.25) is 9.69 Å². The quantitative estimate of drug-likeness (QED) is 0.801. The van der Waals surface area contributed by atoms with Crippen LogP contribution in [0.2, 0.25) is 0 Å². The van der Waals surface area contributed by atoms with E-state index < -0.39 is 5.54 Å². The Bertz CT molecular complexity index is 404. The fourth-order valence-electron chi connectivity index (χ4n) is 1.51. The molecule has 0 aliphatic rings. The summed E-state index contributed by atoms with van der Waals surface area (Å²) in [5, 5.41) is 0. The van der Waals surface area contributed by atoms with E-state index in [1.807, 2.05) is 50.1 Å². The van der Waals surface area contributed by atoms with Crippen LogP contribution in [0.15, 0.2) is 28.7 Å². The van der Waals surface area contributed by atoms with Gasteiger partial charge in [-0.15, -0.1) is 0 Å². The lowest BCUT2D eigenvalue weighted by molar-refractivity contribution is -0.152. The fraction of sp³-hybridized carbons (Fsp3) is 0.462. The van der Waals surface area contributed by atoms with E-state index in [1.165, 1.54) is 7.11 Å². The Labute approximate surface area is 111 Å². The van der Waals surface area contributed by atoms with Crippen molar-refractivity contribution in [1.29, 1.82) is 0 Å². The molecule has 3 nitrogen and oxygen atoms in total. The van der Waals surface area contributed by atoms with Gasteiger partial charge in [0.25, 0.3) is 0 Å². The van der Waals surface area contributed by atoms with Gasteiger partial charge in [-0.1, -0.05) is 28.1 Å². The fourth-order valence-corrected chi connectivity index (χ4v) is 1.96. The molecule has 0 aromatic heterocycles. The van der Waals surface area contributed by atoms with Gasteiger partial charge in [0.2, 0.25) is 0 Å². The molecule has 0 heterocycles. The first-order valence-corrected chi connectivity index (χ1v) is 6.21. The molecule has 0 aliphatic heterocycles. The summed E-state index contributed by atoms with van der Waals surface area (Å²) >= 11 is 3.43. The predicted octanol–water partition coefficient (Wildman–Crippen LogP) is 2.83. The van der Waals surface area contributed by atoms with Crippen molar-refractivity contribution in [2.75, 3.05) is 14.2 Å². The monoisotopic (exact) mass is 299 g/mol. The number of benzene rings is 1. The van der Waals surface area contributed by atoms with E-state index in [1.54, 1.807) is 0 Å². The number of hydrogen-bond acceptors (Lipinski definition) is 3. The summed E-state index contributed by atoms with van der Waals surface area (Å²) in [6, 6.07) is 8.05. The van der Waals surface area contributed by atoms with Gasteiger partial charge in [0.1, 0.15) is 5.54 Å². The summed E-state index contributed by atoms with van der Waals surface area (Å²) in [5.74, 6) is -0.227. The third-order valence-electron chi connectivity index (χ3n) is 2.95. The van der Waals surface area contributed by atoms with Gasteiger partial charge >= 0.3 is 5.97 Å². The van der Waals surface area contributed by atoms with E-state index in [4.69, 9.17) is 4.74 Å². The van der Waals surface area contributed by atoms with Crippen LogP contribution in [0.5, 0.6) is 0 Å². The van der Waals surface area contributed by atoms with Crippen LogP contribution in [-0.4, -0.2) is 30.6 Å². The first-order chi connectivity index (χ1) is 7.87. The molecule has 0 aliphatic carbocycles. The second-order valence-corrected chi connectivity index (χ2v) is 5.45. The molecule has 0 radical (unpaired) electrons. The van der Waals surface area contributed by atoms with Crippen LogP contribution in [0.3, 0.4) is 0 Å². The van der Waals surface area contributed by atoms with Crippen molar-refractivity contribution in [2.45, 2.75) is 25.9 Å². The van der Waals surface area contributed by atoms with Crippen molar-refractivity contribution in [3.8, 4) is 0 Å². The molecular formula is C13H18BrNO2. The zero-order chi connectivity index (χ0) is 13.1. The van der Waals surface area contributed by atoms with Crippen LogP contribution >= 0.6 is 15.9 Å². The van der Waals surface area contributed by atoms with Crippen LogP contribution in [0.1, 0.15) is 19.4 Å². The standard InChI is InChI=1S/C13H18BrNO2/c1-13(2,12(16)17-4)15(3)9-10-6-5-7-11(14)8-10/h5-8H,9H2,1-4H3. The first-order valence-electron chi connectivity index (χ1n) is 5.42. The molecule has 0 spiro atoms. The molecule has 1 aromatic rings. The minimum atomic E-state index is -0.628. The third-order valence-corrected chi connectivity index (χ3v) is 3.44. The second-order valence-electron chi connectivity index (χ2n) is 4.54. The van der Waals surface area contributed by atoms with Gasteiger partial charge in [-0.25, -0.2) is 0 Å². The molecule has 0 amide bonds. The number of hydrogen-bond donors (Lipinski definition) is 0. The highest BCUT2D eigenvalue weighted by Crippen LogP contribution is 2.19. The minimum Gasteiger partial charge on any atom is -0.468 e. The van der Waals surface area contributed by atoms with Crippen LogP contribution in [0.25, 0.3) is 0 Å². The van der Waals surface area contributed by atoms with Crippen molar-refractivity contribution in [3.05, 3.63) is 34.3 Å². The van der Waals surface area contributed by atoms with Gasteiger partial charge in [-0.2, -0.15) is 0 Å². The lowest BCUT2D eigenvalue weighted by Crippen LogP contribution is -2.48. The SMILES string of the molecule is COC(=O)C(C)(C)N(C)Cc1cccc(Br)c1. The van der Waals surface area contributed by atoms with Gasteiger partial charge in [0.05, 0.1) is 7.11 Å².